The molecule has 1 aliphatic rings. The van der Waals surface area contributed by atoms with Crippen LogP contribution in [0.4, 0.5) is 0 Å². The lowest BCUT2D eigenvalue weighted by atomic mass is 9.80. The van der Waals surface area contributed by atoms with Crippen LogP contribution in [0.2, 0.25) is 0 Å². The van der Waals surface area contributed by atoms with Gasteiger partial charge in [0.15, 0.2) is 0 Å². The Hall–Kier alpha value is -1.84. The summed E-state index contributed by atoms with van der Waals surface area (Å²) in [4.78, 5) is 22.8. The maximum Gasteiger partial charge on any atom is 0.306 e. The lowest BCUT2D eigenvalue weighted by molar-refractivity contribution is -0.145. The number of nitrogens with one attached hydrogen (secondary N) is 1. The van der Waals surface area contributed by atoms with Crippen LogP contribution < -0.4 is 5.32 Å². The zero-order valence-electron chi connectivity index (χ0n) is 10.6. The van der Waals surface area contributed by atoms with Crippen LogP contribution in [-0.4, -0.2) is 23.0 Å². The minimum Gasteiger partial charge on any atom is -0.481 e. The molecule has 1 aromatic carbocycles. The fourth-order valence-corrected chi connectivity index (χ4v) is 2.37. The maximum atomic E-state index is 12.1. The number of benzene rings is 1. The number of carboxylic acids is 1. The van der Waals surface area contributed by atoms with Crippen molar-refractivity contribution in [2.75, 3.05) is 0 Å². The molecule has 4 heteroatoms. The molecule has 0 unspecified atom stereocenters. The number of aliphatic carboxylic acids is 1. The molecule has 0 aliphatic heterocycles. The Morgan fingerprint density at radius 3 is 2.28 bits per heavy atom. The van der Waals surface area contributed by atoms with Gasteiger partial charge in [-0.3, -0.25) is 9.59 Å². The third-order valence-corrected chi connectivity index (χ3v) is 3.53. The van der Waals surface area contributed by atoms with Crippen molar-refractivity contribution in [2.24, 2.45) is 5.92 Å². The molecule has 1 aromatic rings. The molecule has 0 atom stereocenters. The van der Waals surface area contributed by atoms with Gasteiger partial charge in [-0.05, 0) is 37.8 Å². The summed E-state index contributed by atoms with van der Waals surface area (Å²) in [6.07, 6.45) is 1.07. The molecule has 0 bridgehead atoms. The highest BCUT2D eigenvalue weighted by atomic mass is 16.4. The van der Waals surface area contributed by atoms with Crippen LogP contribution in [0.15, 0.2) is 18.2 Å². The Labute approximate surface area is 106 Å². The first-order chi connectivity index (χ1) is 8.49. The highest BCUT2D eigenvalue weighted by Crippen LogP contribution is 2.28. The van der Waals surface area contributed by atoms with Crippen molar-refractivity contribution < 1.29 is 14.7 Å². The predicted molar refractivity (Wildman–Crippen MR) is 67.5 cm³/mol. The fraction of sp³-hybridized carbons (Fsp3) is 0.429. The van der Waals surface area contributed by atoms with Gasteiger partial charge >= 0.3 is 5.97 Å². The van der Waals surface area contributed by atoms with Gasteiger partial charge in [-0.2, -0.15) is 0 Å². The van der Waals surface area contributed by atoms with Crippen LogP contribution in [0.3, 0.4) is 0 Å². The third kappa shape index (κ3) is 2.37. The second kappa shape index (κ2) is 4.80. The van der Waals surface area contributed by atoms with Gasteiger partial charge in [0.1, 0.15) is 0 Å². The minimum atomic E-state index is -0.771. The van der Waals surface area contributed by atoms with Gasteiger partial charge in [0.05, 0.1) is 5.92 Å². The van der Waals surface area contributed by atoms with Gasteiger partial charge < -0.3 is 10.4 Å². The van der Waals surface area contributed by atoms with Crippen molar-refractivity contribution in [2.45, 2.75) is 32.7 Å². The smallest absolute Gasteiger partial charge is 0.306 e. The predicted octanol–water partition coefficient (Wildman–Crippen LogP) is 1.90. The number of rotatable bonds is 3. The van der Waals surface area contributed by atoms with Crippen LogP contribution >= 0.6 is 0 Å². The molecule has 0 spiro atoms. The molecule has 96 valence electrons. The lowest BCUT2D eigenvalue weighted by Gasteiger charge is -2.33. The number of carbonyl (C=O) groups is 2. The molecule has 0 aromatic heterocycles. The molecule has 2 rings (SSSR count). The van der Waals surface area contributed by atoms with E-state index in [0.717, 1.165) is 11.1 Å². The van der Waals surface area contributed by atoms with Crippen LogP contribution in [0.5, 0.6) is 0 Å². The largest absolute Gasteiger partial charge is 0.481 e. The van der Waals surface area contributed by atoms with Gasteiger partial charge in [-0.25, -0.2) is 0 Å². The first kappa shape index (κ1) is 12.6. The number of amides is 1. The van der Waals surface area contributed by atoms with E-state index in [1.807, 2.05) is 32.0 Å². The van der Waals surface area contributed by atoms with Crippen LogP contribution in [0.1, 0.15) is 34.3 Å². The standard InChI is InChI=1S/C14H17NO3/c1-8-4-3-5-9(2)12(8)13(16)15-11-6-10(7-11)14(17)18/h3-5,10-11H,6-7H2,1-2H3,(H,15,16)(H,17,18). The number of aryl methyl sites for hydroxylation is 2. The molecule has 1 saturated carbocycles. The number of hydrogen-bond acceptors (Lipinski definition) is 2. The first-order valence-electron chi connectivity index (χ1n) is 6.09. The highest BCUT2D eigenvalue weighted by Gasteiger charge is 2.35. The summed E-state index contributed by atoms with van der Waals surface area (Å²) >= 11 is 0. The van der Waals surface area contributed by atoms with Crippen molar-refractivity contribution in [1.82, 2.24) is 5.32 Å². The van der Waals surface area contributed by atoms with E-state index < -0.39 is 5.97 Å². The van der Waals surface area contributed by atoms with Crippen LogP contribution in [0, 0.1) is 19.8 Å². The van der Waals surface area contributed by atoms with E-state index in [9.17, 15) is 9.59 Å². The topological polar surface area (TPSA) is 66.4 Å². The van der Waals surface area contributed by atoms with E-state index in [4.69, 9.17) is 5.11 Å². The van der Waals surface area contributed by atoms with E-state index in [-0.39, 0.29) is 17.9 Å². The van der Waals surface area contributed by atoms with E-state index in [2.05, 4.69) is 5.32 Å². The summed E-state index contributed by atoms with van der Waals surface area (Å²) in [6, 6.07) is 5.73. The second-order valence-electron chi connectivity index (χ2n) is 4.94. The van der Waals surface area contributed by atoms with Crippen molar-refractivity contribution in [3.05, 3.63) is 34.9 Å². The van der Waals surface area contributed by atoms with E-state index in [0.29, 0.717) is 18.4 Å². The first-order valence-corrected chi connectivity index (χ1v) is 6.09. The molecule has 4 nitrogen and oxygen atoms in total. The Morgan fingerprint density at radius 1 is 1.22 bits per heavy atom. The van der Waals surface area contributed by atoms with Gasteiger partial charge in [0, 0.05) is 11.6 Å². The molecule has 0 heterocycles. The van der Waals surface area contributed by atoms with Crippen LogP contribution in [-0.2, 0) is 4.79 Å². The lowest BCUT2D eigenvalue weighted by Crippen LogP contribution is -2.46. The zero-order chi connectivity index (χ0) is 13.3. The van der Waals surface area contributed by atoms with Crippen molar-refractivity contribution >= 4 is 11.9 Å². The molecule has 1 aliphatic carbocycles. The van der Waals surface area contributed by atoms with Gasteiger partial charge in [-0.15, -0.1) is 0 Å². The summed E-state index contributed by atoms with van der Waals surface area (Å²) in [5.74, 6) is -1.17. The summed E-state index contributed by atoms with van der Waals surface area (Å²) < 4.78 is 0. The normalized spacial score (nSPS) is 22.1. The number of hydrogen-bond donors (Lipinski definition) is 2. The molecular formula is C14H17NO3. The summed E-state index contributed by atoms with van der Waals surface area (Å²) in [5.41, 5.74) is 2.60. The van der Waals surface area contributed by atoms with E-state index in [1.54, 1.807) is 0 Å². The monoisotopic (exact) mass is 247 g/mol. The van der Waals surface area contributed by atoms with Crippen LogP contribution in [0.25, 0.3) is 0 Å². The van der Waals surface area contributed by atoms with E-state index in [1.165, 1.54) is 0 Å². The average molecular weight is 247 g/mol. The number of carboxylic acid groups (broad SMARTS) is 1. The van der Waals surface area contributed by atoms with Crippen molar-refractivity contribution in [3.8, 4) is 0 Å². The summed E-state index contributed by atoms with van der Waals surface area (Å²) in [6.45, 7) is 3.81. The molecular weight excluding hydrogens is 230 g/mol. The van der Waals surface area contributed by atoms with Gasteiger partial charge in [0.2, 0.25) is 0 Å². The summed E-state index contributed by atoms with van der Waals surface area (Å²) in [5, 5.41) is 11.7. The summed E-state index contributed by atoms with van der Waals surface area (Å²) in [7, 11) is 0. The molecule has 18 heavy (non-hydrogen) atoms. The van der Waals surface area contributed by atoms with Crippen molar-refractivity contribution in [1.29, 1.82) is 0 Å². The molecule has 1 fully saturated rings. The zero-order valence-corrected chi connectivity index (χ0v) is 10.6. The molecule has 1 amide bonds. The van der Waals surface area contributed by atoms with Crippen molar-refractivity contribution in [3.63, 3.8) is 0 Å². The average Bonchev–Trinajstić information content (AvgIpc) is 2.21. The highest BCUT2D eigenvalue weighted by molar-refractivity contribution is 5.97. The Bertz CT molecular complexity index is 470. The second-order valence-corrected chi connectivity index (χ2v) is 4.94. The molecule has 0 saturated heterocycles. The molecule has 2 N–H and O–H groups in total. The van der Waals surface area contributed by atoms with Gasteiger partial charge in [-0.1, -0.05) is 18.2 Å². The Morgan fingerprint density at radius 2 is 1.78 bits per heavy atom. The van der Waals surface area contributed by atoms with E-state index >= 15 is 0 Å². The molecule has 0 radical (unpaired) electrons. The fourth-order valence-electron chi connectivity index (χ4n) is 2.37. The van der Waals surface area contributed by atoms with Gasteiger partial charge in [0.25, 0.3) is 5.91 Å². The quantitative estimate of drug-likeness (QED) is 0.857. The Kier molecular flexibility index (Phi) is 3.36. The number of carbonyl (C=O) groups excluding carboxylic acids is 1. The maximum absolute atomic E-state index is 12.1. The Balaban J connectivity index is 2.00. The third-order valence-electron chi connectivity index (χ3n) is 3.53. The SMILES string of the molecule is Cc1cccc(C)c1C(=O)NC1CC(C(=O)O)C1. The minimum absolute atomic E-state index is 0.00222.